The van der Waals surface area contributed by atoms with Crippen molar-refractivity contribution >= 4 is 32.8 Å². The summed E-state index contributed by atoms with van der Waals surface area (Å²) in [5.74, 6) is 0. The first-order chi connectivity index (χ1) is 10.9. The van der Waals surface area contributed by atoms with E-state index >= 15 is 0 Å². The molecule has 0 saturated carbocycles. The Morgan fingerprint density at radius 2 is 1.73 bits per heavy atom. The normalized spacial score (nSPS) is 11.6. The molecule has 0 saturated heterocycles. The van der Waals surface area contributed by atoms with Crippen molar-refractivity contribution < 1.29 is 0 Å². The highest BCUT2D eigenvalue weighted by molar-refractivity contribution is 6.15. The SMILES string of the molecule is c1ccc(-c2cc3c(ncc4c5cnccc5[nH]c34)[nH]2)cc1. The summed E-state index contributed by atoms with van der Waals surface area (Å²) < 4.78 is 0. The van der Waals surface area contributed by atoms with Crippen LogP contribution >= 0.6 is 0 Å². The summed E-state index contributed by atoms with van der Waals surface area (Å²) in [6.45, 7) is 0. The number of nitrogens with one attached hydrogen (secondary N) is 2. The lowest BCUT2D eigenvalue weighted by atomic mass is 10.1. The van der Waals surface area contributed by atoms with Gasteiger partial charge in [0.2, 0.25) is 0 Å². The molecule has 0 aliphatic rings. The average molecular weight is 284 g/mol. The fourth-order valence-electron chi connectivity index (χ4n) is 3.04. The number of rotatable bonds is 1. The highest BCUT2D eigenvalue weighted by Crippen LogP contribution is 2.31. The summed E-state index contributed by atoms with van der Waals surface area (Å²) in [7, 11) is 0. The molecule has 0 atom stereocenters. The molecule has 5 aromatic rings. The molecule has 4 aromatic heterocycles. The molecular formula is C18H12N4. The molecule has 22 heavy (non-hydrogen) atoms. The first-order valence-corrected chi connectivity index (χ1v) is 7.19. The zero-order valence-corrected chi connectivity index (χ0v) is 11.7. The molecule has 5 rings (SSSR count). The molecule has 0 fully saturated rings. The number of hydrogen-bond donors (Lipinski definition) is 2. The van der Waals surface area contributed by atoms with Crippen molar-refractivity contribution in [3.05, 3.63) is 61.1 Å². The third-order valence-corrected chi connectivity index (χ3v) is 4.11. The van der Waals surface area contributed by atoms with E-state index in [1.807, 2.05) is 36.7 Å². The van der Waals surface area contributed by atoms with Crippen molar-refractivity contribution in [3.63, 3.8) is 0 Å². The van der Waals surface area contributed by atoms with Crippen LogP contribution in [0, 0.1) is 0 Å². The molecule has 4 heterocycles. The van der Waals surface area contributed by atoms with Crippen molar-refractivity contribution in [2.45, 2.75) is 0 Å². The number of pyridine rings is 2. The van der Waals surface area contributed by atoms with Gasteiger partial charge in [-0.3, -0.25) is 4.98 Å². The van der Waals surface area contributed by atoms with Crippen molar-refractivity contribution in [1.29, 1.82) is 0 Å². The maximum atomic E-state index is 4.57. The molecule has 4 nitrogen and oxygen atoms in total. The molecular weight excluding hydrogens is 272 g/mol. The summed E-state index contributed by atoms with van der Waals surface area (Å²) in [6, 6.07) is 14.4. The third kappa shape index (κ3) is 1.52. The van der Waals surface area contributed by atoms with Crippen LogP contribution in [0.25, 0.3) is 44.1 Å². The van der Waals surface area contributed by atoms with E-state index in [0.717, 1.165) is 44.1 Å². The van der Waals surface area contributed by atoms with E-state index in [1.54, 1.807) is 6.20 Å². The quantitative estimate of drug-likeness (QED) is 0.483. The molecule has 0 aliphatic heterocycles. The van der Waals surface area contributed by atoms with Crippen LogP contribution in [-0.4, -0.2) is 19.9 Å². The van der Waals surface area contributed by atoms with Gasteiger partial charge in [0.05, 0.1) is 5.52 Å². The van der Waals surface area contributed by atoms with Gasteiger partial charge in [-0.25, -0.2) is 4.98 Å². The molecule has 0 bridgehead atoms. The van der Waals surface area contributed by atoms with Crippen molar-refractivity contribution in [1.82, 2.24) is 19.9 Å². The van der Waals surface area contributed by atoms with Crippen molar-refractivity contribution in [2.24, 2.45) is 0 Å². The first kappa shape index (κ1) is 11.5. The molecule has 0 unspecified atom stereocenters. The van der Waals surface area contributed by atoms with Crippen LogP contribution < -0.4 is 0 Å². The lowest BCUT2D eigenvalue weighted by Crippen LogP contribution is -1.78. The number of benzene rings is 1. The van der Waals surface area contributed by atoms with Crippen LogP contribution in [-0.2, 0) is 0 Å². The molecule has 0 amide bonds. The second kappa shape index (κ2) is 4.18. The fourth-order valence-corrected chi connectivity index (χ4v) is 3.04. The monoisotopic (exact) mass is 284 g/mol. The van der Waals surface area contributed by atoms with Crippen LogP contribution in [0.3, 0.4) is 0 Å². The van der Waals surface area contributed by atoms with Crippen molar-refractivity contribution in [2.75, 3.05) is 0 Å². The van der Waals surface area contributed by atoms with Crippen molar-refractivity contribution in [3.8, 4) is 11.3 Å². The van der Waals surface area contributed by atoms with Crippen LogP contribution in [0.15, 0.2) is 61.1 Å². The smallest absolute Gasteiger partial charge is 0.139 e. The van der Waals surface area contributed by atoms with Crippen LogP contribution in [0.1, 0.15) is 0 Å². The van der Waals surface area contributed by atoms with E-state index < -0.39 is 0 Å². The van der Waals surface area contributed by atoms with E-state index in [9.17, 15) is 0 Å². The summed E-state index contributed by atoms with van der Waals surface area (Å²) in [4.78, 5) is 15.7. The Labute approximate surface area is 125 Å². The molecule has 0 aliphatic carbocycles. The molecule has 104 valence electrons. The lowest BCUT2D eigenvalue weighted by Gasteiger charge is -1.94. The Hall–Kier alpha value is -3.14. The summed E-state index contributed by atoms with van der Waals surface area (Å²) >= 11 is 0. The number of aromatic amines is 2. The lowest BCUT2D eigenvalue weighted by molar-refractivity contribution is 1.34. The number of fused-ring (bicyclic) bond motifs is 5. The minimum Gasteiger partial charge on any atom is -0.354 e. The highest BCUT2D eigenvalue weighted by Gasteiger charge is 2.11. The standard InChI is InChI=1S/C18H12N4/c1-2-4-11(5-3-1)16-8-12-17-14(10-20-18(12)22-16)13-9-19-7-6-15(13)21-17/h1-10,21H,(H,20,22). The Balaban J connectivity index is 1.87. The van der Waals surface area contributed by atoms with Gasteiger partial charge >= 0.3 is 0 Å². The molecule has 0 radical (unpaired) electrons. The second-order valence-electron chi connectivity index (χ2n) is 5.40. The van der Waals surface area contributed by atoms with Gasteiger partial charge in [0, 0.05) is 46.0 Å². The maximum Gasteiger partial charge on any atom is 0.139 e. The number of H-pyrrole nitrogens is 2. The van der Waals surface area contributed by atoms with E-state index in [4.69, 9.17) is 0 Å². The first-order valence-electron chi connectivity index (χ1n) is 7.19. The van der Waals surface area contributed by atoms with E-state index in [1.165, 1.54) is 0 Å². The predicted molar refractivity (Wildman–Crippen MR) is 88.7 cm³/mol. The fraction of sp³-hybridized carbons (Fsp3) is 0. The minimum atomic E-state index is 0.894. The summed E-state index contributed by atoms with van der Waals surface area (Å²) in [5, 5.41) is 3.32. The van der Waals surface area contributed by atoms with Crippen LogP contribution in [0.4, 0.5) is 0 Å². The minimum absolute atomic E-state index is 0.894. The second-order valence-corrected chi connectivity index (χ2v) is 5.40. The predicted octanol–water partition coefficient (Wildman–Crippen LogP) is 4.26. The largest absolute Gasteiger partial charge is 0.354 e. The van der Waals surface area contributed by atoms with E-state index in [2.05, 4.69) is 38.1 Å². The molecule has 1 aromatic carbocycles. The van der Waals surface area contributed by atoms with Gasteiger partial charge in [-0.2, -0.15) is 0 Å². The average Bonchev–Trinajstić information content (AvgIpc) is 3.16. The Morgan fingerprint density at radius 1 is 0.818 bits per heavy atom. The zero-order chi connectivity index (χ0) is 14.5. The van der Waals surface area contributed by atoms with Gasteiger partial charge in [0.25, 0.3) is 0 Å². The van der Waals surface area contributed by atoms with Gasteiger partial charge in [-0.15, -0.1) is 0 Å². The topological polar surface area (TPSA) is 57.4 Å². The Morgan fingerprint density at radius 3 is 2.64 bits per heavy atom. The highest BCUT2D eigenvalue weighted by atomic mass is 14.9. The van der Waals surface area contributed by atoms with Gasteiger partial charge in [-0.1, -0.05) is 30.3 Å². The van der Waals surface area contributed by atoms with Gasteiger partial charge < -0.3 is 9.97 Å². The van der Waals surface area contributed by atoms with E-state index in [0.29, 0.717) is 0 Å². The summed E-state index contributed by atoms with van der Waals surface area (Å²) in [6.07, 6.45) is 5.59. The van der Waals surface area contributed by atoms with Gasteiger partial charge in [0.1, 0.15) is 5.65 Å². The number of aromatic nitrogens is 4. The van der Waals surface area contributed by atoms with Crippen LogP contribution in [0.2, 0.25) is 0 Å². The molecule has 4 heteroatoms. The number of hydrogen-bond acceptors (Lipinski definition) is 2. The van der Waals surface area contributed by atoms with Gasteiger partial charge in [-0.05, 0) is 17.7 Å². The van der Waals surface area contributed by atoms with Crippen LogP contribution in [0.5, 0.6) is 0 Å². The van der Waals surface area contributed by atoms with E-state index in [-0.39, 0.29) is 0 Å². The third-order valence-electron chi connectivity index (χ3n) is 4.11. The molecule has 2 N–H and O–H groups in total. The zero-order valence-electron chi connectivity index (χ0n) is 11.7. The van der Waals surface area contributed by atoms with Gasteiger partial charge in [0.15, 0.2) is 0 Å². The maximum absolute atomic E-state index is 4.57. The molecule has 0 spiro atoms. The Bertz CT molecular complexity index is 1120. The Kier molecular flexibility index (Phi) is 2.19. The number of nitrogens with zero attached hydrogens (tertiary/aromatic N) is 2. The summed E-state index contributed by atoms with van der Waals surface area (Å²) in [5.41, 5.74) is 5.32.